The SMILES string of the molecule is CC(=O)N1C=Cc2ccccc2C1CC(=O)N1CCNC(C)C1C. The number of nitrogens with one attached hydrogen (secondary N) is 1. The molecule has 1 saturated heterocycles. The average molecular weight is 327 g/mol. The molecule has 1 N–H and O–H groups in total. The Morgan fingerprint density at radius 1 is 1.25 bits per heavy atom. The van der Waals surface area contributed by atoms with E-state index in [1.165, 1.54) is 0 Å². The van der Waals surface area contributed by atoms with E-state index in [1.807, 2.05) is 35.2 Å². The van der Waals surface area contributed by atoms with Crippen molar-refractivity contribution in [1.82, 2.24) is 15.1 Å². The fourth-order valence-electron chi connectivity index (χ4n) is 3.60. The minimum Gasteiger partial charge on any atom is -0.337 e. The number of amides is 2. The zero-order valence-electron chi connectivity index (χ0n) is 14.5. The van der Waals surface area contributed by atoms with Gasteiger partial charge in [0, 0.05) is 38.3 Å². The third-order valence-corrected chi connectivity index (χ3v) is 5.19. The van der Waals surface area contributed by atoms with Crippen LogP contribution in [0.1, 0.15) is 44.4 Å². The second-order valence-electron chi connectivity index (χ2n) is 6.66. The number of benzene rings is 1. The first-order chi connectivity index (χ1) is 11.5. The van der Waals surface area contributed by atoms with E-state index < -0.39 is 0 Å². The second-order valence-corrected chi connectivity index (χ2v) is 6.66. The molecule has 2 heterocycles. The lowest BCUT2D eigenvalue weighted by atomic mass is 9.93. The lowest BCUT2D eigenvalue weighted by molar-refractivity contribution is -0.137. The van der Waals surface area contributed by atoms with Crippen LogP contribution >= 0.6 is 0 Å². The predicted molar refractivity (Wildman–Crippen MR) is 94.0 cm³/mol. The number of rotatable bonds is 2. The molecule has 5 nitrogen and oxygen atoms in total. The minimum atomic E-state index is -0.228. The van der Waals surface area contributed by atoms with E-state index in [1.54, 1.807) is 18.0 Å². The number of fused-ring (bicyclic) bond motifs is 1. The molecule has 0 bridgehead atoms. The van der Waals surface area contributed by atoms with Crippen molar-refractivity contribution < 1.29 is 9.59 Å². The van der Waals surface area contributed by atoms with E-state index in [2.05, 4.69) is 19.2 Å². The second kappa shape index (κ2) is 6.77. The third kappa shape index (κ3) is 3.08. The zero-order valence-corrected chi connectivity index (χ0v) is 14.5. The highest BCUT2D eigenvalue weighted by Crippen LogP contribution is 2.33. The molecule has 1 aromatic rings. The van der Waals surface area contributed by atoms with Gasteiger partial charge in [0.15, 0.2) is 0 Å². The topological polar surface area (TPSA) is 52.7 Å². The maximum atomic E-state index is 12.9. The summed E-state index contributed by atoms with van der Waals surface area (Å²) in [5.74, 6) is 0.0671. The van der Waals surface area contributed by atoms with Crippen LogP contribution in [-0.2, 0) is 9.59 Å². The van der Waals surface area contributed by atoms with E-state index in [9.17, 15) is 9.59 Å². The number of carbonyl (C=O) groups excluding carboxylic acids is 2. The van der Waals surface area contributed by atoms with Gasteiger partial charge in [0.05, 0.1) is 12.5 Å². The highest BCUT2D eigenvalue weighted by molar-refractivity contribution is 5.82. The Kier molecular flexibility index (Phi) is 4.71. The maximum Gasteiger partial charge on any atom is 0.225 e. The summed E-state index contributed by atoms with van der Waals surface area (Å²) in [7, 11) is 0. The van der Waals surface area contributed by atoms with Crippen LogP contribution in [0.2, 0.25) is 0 Å². The van der Waals surface area contributed by atoms with Crippen molar-refractivity contribution >= 4 is 17.9 Å². The molecular weight excluding hydrogens is 302 g/mol. The van der Waals surface area contributed by atoms with E-state index >= 15 is 0 Å². The van der Waals surface area contributed by atoms with Crippen molar-refractivity contribution in [3.63, 3.8) is 0 Å². The van der Waals surface area contributed by atoms with Crippen LogP contribution in [0.5, 0.6) is 0 Å². The summed E-state index contributed by atoms with van der Waals surface area (Å²) in [6.45, 7) is 7.26. The van der Waals surface area contributed by atoms with Gasteiger partial charge in [-0.2, -0.15) is 0 Å². The Bertz CT molecular complexity index is 670. The normalized spacial score (nSPS) is 26.2. The number of hydrogen-bond donors (Lipinski definition) is 1. The van der Waals surface area contributed by atoms with Gasteiger partial charge in [0.25, 0.3) is 0 Å². The Balaban J connectivity index is 1.84. The quantitative estimate of drug-likeness (QED) is 0.906. The summed E-state index contributed by atoms with van der Waals surface area (Å²) in [6, 6.07) is 8.19. The number of piperazine rings is 1. The maximum absolute atomic E-state index is 12.9. The van der Waals surface area contributed by atoms with Crippen LogP contribution in [0.3, 0.4) is 0 Å². The van der Waals surface area contributed by atoms with Crippen LogP contribution in [-0.4, -0.2) is 46.8 Å². The van der Waals surface area contributed by atoms with Gasteiger partial charge >= 0.3 is 0 Å². The summed E-state index contributed by atoms with van der Waals surface area (Å²) in [5, 5.41) is 3.39. The summed E-state index contributed by atoms with van der Waals surface area (Å²) >= 11 is 0. The van der Waals surface area contributed by atoms with Crippen molar-refractivity contribution in [2.75, 3.05) is 13.1 Å². The Labute approximate surface area is 143 Å². The van der Waals surface area contributed by atoms with Gasteiger partial charge in [-0.1, -0.05) is 24.3 Å². The molecule has 128 valence electrons. The van der Waals surface area contributed by atoms with Gasteiger partial charge in [-0.3, -0.25) is 9.59 Å². The molecule has 2 aliphatic rings. The molecule has 0 radical (unpaired) electrons. The van der Waals surface area contributed by atoms with Gasteiger partial charge in [-0.15, -0.1) is 0 Å². The van der Waals surface area contributed by atoms with Gasteiger partial charge in [0.1, 0.15) is 0 Å². The largest absolute Gasteiger partial charge is 0.337 e. The van der Waals surface area contributed by atoms with E-state index in [0.29, 0.717) is 13.0 Å². The van der Waals surface area contributed by atoms with Crippen molar-refractivity contribution in [3.05, 3.63) is 41.6 Å². The van der Waals surface area contributed by atoms with Crippen LogP contribution < -0.4 is 5.32 Å². The molecule has 0 aliphatic carbocycles. The molecule has 2 amide bonds. The van der Waals surface area contributed by atoms with Crippen LogP contribution in [0.25, 0.3) is 6.08 Å². The van der Waals surface area contributed by atoms with E-state index in [4.69, 9.17) is 0 Å². The number of hydrogen-bond acceptors (Lipinski definition) is 3. The standard InChI is InChI=1S/C19H25N3O2/c1-13-14(2)21(11-9-20-13)19(24)12-18-17-7-5-4-6-16(17)8-10-22(18)15(3)23/h4-8,10,13-14,18,20H,9,11-12H2,1-3H3. The molecule has 3 atom stereocenters. The minimum absolute atomic E-state index is 0.0414. The summed E-state index contributed by atoms with van der Waals surface area (Å²) in [5.41, 5.74) is 2.12. The summed E-state index contributed by atoms with van der Waals surface area (Å²) in [6.07, 6.45) is 4.05. The molecule has 24 heavy (non-hydrogen) atoms. The molecule has 0 saturated carbocycles. The first-order valence-electron chi connectivity index (χ1n) is 8.58. The lowest BCUT2D eigenvalue weighted by Crippen LogP contribution is -2.57. The van der Waals surface area contributed by atoms with Gasteiger partial charge in [0.2, 0.25) is 11.8 Å². The molecule has 0 aromatic heterocycles. The monoisotopic (exact) mass is 327 g/mol. The first kappa shape index (κ1) is 16.7. The van der Waals surface area contributed by atoms with Crippen molar-refractivity contribution in [1.29, 1.82) is 0 Å². The molecule has 5 heteroatoms. The van der Waals surface area contributed by atoms with Gasteiger partial charge < -0.3 is 15.1 Å². The van der Waals surface area contributed by atoms with Crippen molar-refractivity contribution in [3.8, 4) is 0 Å². The molecule has 3 unspecified atom stereocenters. The van der Waals surface area contributed by atoms with Crippen LogP contribution in [0, 0.1) is 0 Å². The highest BCUT2D eigenvalue weighted by atomic mass is 16.2. The van der Waals surface area contributed by atoms with Crippen molar-refractivity contribution in [2.24, 2.45) is 0 Å². The fraction of sp³-hybridized carbons (Fsp3) is 0.474. The fourth-order valence-corrected chi connectivity index (χ4v) is 3.60. The van der Waals surface area contributed by atoms with Gasteiger partial charge in [-0.05, 0) is 31.1 Å². The molecule has 1 aromatic carbocycles. The summed E-state index contributed by atoms with van der Waals surface area (Å²) in [4.78, 5) is 28.6. The predicted octanol–water partition coefficient (Wildman–Crippen LogP) is 2.16. The Hall–Kier alpha value is -2.14. The summed E-state index contributed by atoms with van der Waals surface area (Å²) < 4.78 is 0. The smallest absolute Gasteiger partial charge is 0.225 e. The Morgan fingerprint density at radius 2 is 2.00 bits per heavy atom. The Morgan fingerprint density at radius 3 is 2.75 bits per heavy atom. The molecule has 3 rings (SSSR count). The van der Waals surface area contributed by atoms with E-state index in [-0.39, 0.29) is 29.9 Å². The molecule has 1 fully saturated rings. The third-order valence-electron chi connectivity index (χ3n) is 5.19. The first-order valence-corrected chi connectivity index (χ1v) is 8.58. The van der Waals surface area contributed by atoms with Crippen LogP contribution in [0.4, 0.5) is 0 Å². The number of carbonyl (C=O) groups is 2. The molecule has 2 aliphatic heterocycles. The lowest BCUT2D eigenvalue weighted by Gasteiger charge is -2.40. The zero-order chi connectivity index (χ0) is 17.3. The average Bonchev–Trinajstić information content (AvgIpc) is 2.57. The van der Waals surface area contributed by atoms with Gasteiger partial charge in [-0.25, -0.2) is 0 Å². The molecular formula is C19H25N3O2. The number of nitrogens with zero attached hydrogens (tertiary/aromatic N) is 2. The van der Waals surface area contributed by atoms with Crippen molar-refractivity contribution in [2.45, 2.75) is 45.3 Å². The highest BCUT2D eigenvalue weighted by Gasteiger charge is 2.33. The molecule has 0 spiro atoms. The van der Waals surface area contributed by atoms with Crippen LogP contribution in [0.15, 0.2) is 30.5 Å². The van der Waals surface area contributed by atoms with E-state index in [0.717, 1.165) is 17.7 Å².